The maximum Gasteiger partial charge on any atom is 0.417 e. The highest BCUT2D eigenvalue weighted by Gasteiger charge is 2.65. The van der Waals surface area contributed by atoms with Crippen molar-refractivity contribution in [3.63, 3.8) is 0 Å². The van der Waals surface area contributed by atoms with Gasteiger partial charge in [0, 0.05) is 17.4 Å². The molecule has 0 saturated carbocycles. The Morgan fingerprint density at radius 1 is 1.23 bits per heavy atom. The van der Waals surface area contributed by atoms with Gasteiger partial charge >= 0.3 is 6.18 Å². The zero-order chi connectivity index (χ0) is 26.1. The van der Waals surface area contributed by atoms with Gasteiger partial charge in [-0.1, -0.05) is 13.0 Å². The van der Waals surface area contributed by atoms with Gasteiger partial charge in [-0.3, -0.25) is 14.9 Å². The van der Waals surface area contributed by atoms with E-state index in [1.165, 1.54) is 25.2 Å². The van der Waals surface area contributed by atoms with Crippen molar-refractivity contribution in [2.24, 2.45) is 5.92 Å². The number of ether oxygens (including phenoxy) is 2. The van der Waals surface area contributed by atoms with Gasteiger partial charge in [0.25, 0.3) is 11.8 Å². The molecule has 0 bridgehead atoms. The van der Waals surface area contributed by atoms with Crippen LogP contribution >= 0.6 is 0 Å². The summed E-state index contributed by atoms with van der Waals surface area (Å²) in [5, 5.41) is 12.7. The third kappa shape index (κ3) is 4.61. The van der Waals surface area contributed by atoms with E-state index < -0.39 is 58.9 Å². The molecule has 35 heavy (non-hydrogen) atoms. The highest BCUT2D eigenvalue weighted by atomic mass is 19.4. The molecule has 4 atom stereocenters. The fraction of sp³-hybridized carbons (Fsp3) is 0.364. The zero-order valence-electron chi connectivity index (χ0n) is 18.5. The Labute approximate surface area is 196 Å². The summed E-state index contributed by atoms with van der Waals surface area (Å²) in [5.74, 6) is -7.92. The van der Waals surface area contributed by atoms with E-state index in [1.807, 2.05) is 5.32 Å². The summed E-state index contributed by atoms with van der Waals surface area (Å²) >= 11 is 0. The van der Waals surface area contributed by atoms with E-state index in [0.29, 0.717) is 0 Å². The quantitative estimate of drug-likeness (QED) is 0.370. The number of rotatable bonds is 5. The maximum absolute atomic E-state index is 14.4. The summed E-state index contributed by atoms with van der Waals surface area (Å²) in [4.78, 5) is 28.5. The second-order valence-corrected chi connectivity index (χ2v) is 7.93. The van der Waals surface area contributed by atoms with Crippen molar-refractivity contribution in [2.45, 2.75) is 37.6 Å². The number of halogens is 5. The van der Waals surface area contributed by atoms with Gasteiger partial charge in [-0.25, -0.2) is 9.37 Å². The van der Waals surface area contributed by atoms with E-state index in [0.717, 1.165) is 32.4 Å². The smallest absolute Gasteiger partial charge is 0.417 e. The number of carbonyl (C=O) groups is 2. The van der Waals surface area contributed by atoms with Crippen molar-refractivity contribution in [1.82, 2.24) is 10.3 Å². The van der Waals surface area contributed by atoms with Gasteiger partial charge in [-0.2, -0.15) is 22.8 Å². The lowest BCUT2D eigenvalue weighted by molar-refractivity contribution is -0.272. The van der Waals surface area contributed by atoms with Crippen LogP contribution in [0.2, 0.25) is 0 Å². The summed E-state index contributed by atoms with van der Waals surface area (Å²) in [5.41, 5.74) is -3.11. The third-order valence-electron chi connectivity index (χ3n) is 6.00. The fourth-order valence-electron chi connectivity index (χ4n) is 3.97. The molecule has 1 aliphatic rings. The molecular weight excluding hydrogens is 479 g/mol. The summed E-state index contributed by atoms with van der Waals surface area (Å²) in [7, 11) is 1.02. The van der Waals surface area contributed by atoms with Crippen LogP contribution in [0.4, 0.5) is 27.6 Å². The number of aromatic nitrogens is 1. The molecule has 0 radical (unpaired) electrons. The molecule has 8 nitrogen and oxygen atoms in total. The van der Waals surface area contributed by atoms with Crippen LogP contribution in [0.3, 0.4) is 0 Å². The second-order valence-electron chi connectivity index (χ2n) is 7.93. The SMILES string of the molecule is COc1c([C@H]2[C@H](C(=O)Nc3ccc(C(=O)NC#N)nc3)O[C@@](C)(C(F)(F)F)[C@H]2C)ccc(F)c1F. The van der Waals surface area contributed by atoms with Gasteiger partial charge in [0.2, 0.25) is 5.82 Å². The standard InChI is InChI=1S/C22H19F5N4O4/c1-10-15(12-5-6-13(23)16(24)17(12)34-3)18(35-21(10,2)22(25,26)27)20(33)31-11-4-7-14(29-8-11)19(32)30-9-28/h4-8,10,15,18H,1-3H3,(H,30,32)(H,31,33)/t10-,15-,18+,21+/m0/s1. The molecule has 1 aliphatic heterocycles. The first-order valence-electron chi connectivity index (χ1n) is 10.1. The monoisotopic (exact) mass is 498 g/mol. The largest absolute Gasteiger partial charge is 0.493 e. The first kappa shape index (κ1) is 25.8. The number of benzene rings is 1. The summed E-state index contributed by atoms with van der Waals surface area (Å²) in [6, 6.07) is 4.20. The predicted molar refractivity (Wildman–Crippen MR) is 110 cm³/mol. The van der Waals surface area contributed by atoms with E-state index in [9.17, 15) is 31.5 Å². The van der Waals surface area contributed by atoms with Crippen LogP contribution in [0.15, 0.2) is 30.5 Å². The van der Waals surface area contributed by atoms with Gasteiger partial charge in [0.05, 0.1) is 19.0 Å². The number of hydrogen-bond acceptors (Lipinski definition) is 6. The van der Waals surface area contributed by atoms with Crippen LogP contribution in [0, 0.1) is 29.0 Å². The zero-order valence-corrected chi connectivity index (χ0v) is 18.5. The van der Waals surface area contributed by atoms with Crippen LogP contribution in [-0.4, -0.2) is 41.8 Å². The molecule has 2 aromatic rings. The number of alkyl halides is 3. The van der Waals surface area contributed by atoms with E-state index in [1.54, 1.807) is 0 Å². The minimum atomic E-state index is -4.90. The number of methoxy groups -OCH3 is 1. The number of nitrogens with zero attached hydrogens (tertiary/aromatic N) is 2. The van der Waals surface area contributed by atoms with Crippen LogP contribution in [0.1, 0.15) is 35.8 Å². The molecule has 3 rings (SSSR count). The number of anilines is 1. The first-order chi connectivity index (χ1) is 16.4. The van der Waals surface area contributed by atoms with Crippen molar-refractivity contribution in [2.75, 3.05) is 12.4 Å². The van der Waals surface area contributed by atoms with Gasteiger partial charge < -0.3 is 14.8 Å². The maximum atomic E-state index is 14.4. The molecule has 1 saturated heterocycles. The van der Waals surface area contributed by atoms with E-state index >= 15 is 0 Å². The molecule has 2 amide bonds. The molecule has 2 heterocycles. The van der Waals surface area contributed by atoms with Gasteiger partial charge in [0.1, 0.15) is 11.8 Å². The van der Waals surface area contributed by atoms with Gasteiger partial charge in [-0.05, 0) is 25.1 Å². The lowest BCUT2D eigenvalue weighted by atomic mass is 9.77. The van der Waals surface area contributed by atoms with Gasteiger partial charge in [-0.15, -0.1) is 0 Å². The van der Waals surface area contributed by atoms with E-state index in [2.05, 4.69) is 10.3 Å². The van der Waals surface area contributed by atoms with Crippen LogP contribution in [0.5, 0.6) is 5.75 Å². The van der Waals surface area contributed by atoms with Crippen molar-refractivity contribution in [1.29, 1.82) is 5.26 Å². The first-order valence-corrected chi connectivity index (χ1v) is 10.1. The number of carbonyl (C=O) groups excluding carboxylic acids is 2. The molecule has 1 aromatic carbocycles. The molecule has 186 valence electrons. The lowest BCUT2D eigenvalue weighted by Gasteiger charge is -2.32. The third-order valence-corrected chi connectivity index (χ3v) is 6.00. The fourth-order valence-corrected chi connectivity index (χ4v) is 3.97. The number of hydrogen-bond donors (Lipinski definition) is 2. The van der Waals surface area contributed by atoms with Crippen LogP contribution in [-0.2, 0) is 9.53 Å². The molecule has 0 spiro atoms. The minimum absolute atomic E-state index is 0.0105. The van der Waals surface area contributed by atoms with Crippen molar-refractivity contribution < 1.29 is 41.0 Å². The molecular formula is C22H19F5N4O4. The molecule has 1 fully saturated rings. The van der Waals surface area contributed by atoms with Crippen molar-refractivity contribution in [3.05, 3.63) is 53.4 Å². The number of pyridine rings is 1. The Morgan fingerprint density at radius 3 is 2.46 bits per heavy atom. The predicted octanol–water partition coefficient (Wildman–Crippen LogP) is 3.66. The average Bonchev–Trinajstić information content (AvgIpc) is 3.08. The topological polar surface area (TPSA) is 113 Å². The Kier molecular flexibility index (Phi) is 6.98. The Bertz CT molecular complexity index is 1180. The molecule has 2 N–H and O–H groups in total. The molecule has 13 heteroatoms. The molecule has 0 aliphatic carbocycles. The van der Waals surface area contributed by atoms with Crippen molar-refractivity contribution in [3.8, 4) is 11.9 Å². The summed E-state index contributed by atoms with van der Waals surface area (Å²) < 4.78 is 80.2. The van der Waals surface area contributed by atoms with Gasteiger partial charge in [0.15, 0.2) is 23.4 Å². The Morgan fingerprint density at radius 2 is 1.91 bits per heavy atom. The summed E-state index contributed by atoms with van der Waals surface area (Å²) in [6.07, 6.45) is -4.19. The average molecular weight is 498 g/mol. The lowest BCUT2D eigenvalue weighted by Crippen LogP contribution is -2.47. The van der Waals surface area contributed by atoms with E-state index in [4.69, 9.17) is 14.7 Å². The second kappa shape index (κ2) is 9.46. The number of amides is 2. The number of nitriles is 1. The molecule has 0 unspecified atom stereocenters. The Hall–Kier alpha value is -3.79. The van der Waals surface area contributed by atoms with E-state index in [-0.39, 0.29) is 16.9 Å². The highest BCUT2D eigenvalue weighted by molar-refractivity contribution is 5.96. The molecule has 1 aromatic heterocycles. The van der Waals surface area contributed by atoms with Crippen LogP contribution in [0.25, 0.3) is 0 Å². The number of nitrogens with one attached hydrogen (secondary N) is 2. The minimum Gasteiger partial charge on any atom is -0.493 e. The Balaban J connectivity index is 1.99. The summed E-state index contributed by atoms with van der Waals surface area (Å²) in [6.45, 7) is 1.96. The normalized spacial score (nSPS) is 23.9. The highest BCUT2D eigenvalue weighted by Crippen LogP contribution is 2.54. The van der Waals surface area contributed by atoms with Crippen molar-refractivity contribution >= 4 is 17.5 Å². The van der Waals surface area contributed by atoms with Crippen LogP contribution < -0.4 is 15.4 Å².